The lowest BCUT2D eigenvalue weighted by Crippen LogP contribution is -2.52. The molecule has 1 saturated carbocycles. The van der Waals surface area contributed by atoms with Crippen molar-refractivity contribution in [2.75, 3.05) is 42.9 Å². The normalized spacial score (nSPS) is 16.0. The summed E-state index contributed by atoms with van der Waals surface area (Å²) in [7, 11) is 0. The molecule has 59 heavy (non-hydrogen) atoms. The molecule has 0 spiro atoms. The van der Waals surface area contributed by atoms with Gasteiger partial charge in [0.2, 0.25) is 29.5 Å². The molecule has 16 heteroatoms. The highest BCUT2D eigenvalue weighted by molar-refractivity contribution is 6.01. The average molecular weight is 811 g/mol. The number of fused-ring (bicyclic) bond motifs is 1. The van der Waals surface area contributed by atoms with Crippen molar-refractivity contribution < 1.29 is 46.6 Å². The van der Waals surface area contributed by atoms with E-state index in [1.54, 1.807) is 42.5 Å². The van der Waals surface area contributed by atoms with Crippen LogP contribution < -0.4 is 30.3 Å². The minimum absolute atomic E-state index is 0.0463. The predicted octanol–water partition coefficient (Wildman–Crippen LogP) is 5.65. The second kappa shape index (κ2) is 17.1. The van der Waals surface area contributed by atoms with E-state index in [1.807, 2.05) is 19.1 Å². The molecule has 2 aliphatic heterocycles. The van der Waals surface area contributed by atoms with Crippen LogP contribution in [0.5, 0.6) is 11.5 Å². The number of nitrogens with zero attached hydrogens (tertiary/aromatic N) is 3. The molecular formula is C43H44F2N6O8. The number of hydrogen-bond acceptors (Lipinski definition) is 9. The van der Waals surface area contributed by atoms with Gasteiger partial charge in [-0.05, 0) is 92.6 Å². The van der Waals surface area contributed by atoms with Crippen LogP contribution in [0.25, 0.3) is 11.3 Å². The number of furan rings is 1. The maximum absolute atomic E-state index is 13.6. The Bertz CT molecular complexity index is 2290. The maximum Gasteiger partial charge on any atom is 0.586 e. The fraction of sp³-hybridized carbons (Fsp3) is 0.349. The number of nitrogens with one attached hydrogen (secondary N) is 3. The van der Waals surface area contributed by atoms with Crippen molar-refractivity contribution in [3.05, 3.63) is 102 Å². The van der Waals surface area contributed by atoms with Crippen LogP contribution in [0, 0.1) is 6.92 Å². The number of aryl methyl sites for hydroxylation is 2. The number of ether oxygens (including phenoxy) is 2. The molecule has 3 N–H and O–H groups in total. The zero-order chi connectivity index (χ0) is 41.7. The Morgan fingerprint density at radius 1 is 0.915 bits per heavy atom. The van der Waals surface area contributed by atoms with E-state index in [9.17, 15) is 32.8 Å². The lowest BCUT2D eigenvalue weighted by atomic mass is 9.94. The molecule has 0 unspecified atom stereocenters. The van der Waals surface area contributed by atoms with Crippen LogP contribution in [0.3, 0.4) is 0 Å². The van der Waals surface area contributed by atoms with E-state index >= 15 is 0 Å². The fourth-order valence-electron chi connectivity index (χ4n) is 7.11. The Kier molecular flexibility index (Phi) is 11.8. The van der Waals surface area contributed by atoms with Gasteiger partial charge in [0.15, 0.2) is 11.5 Å². The smallest absolute Gasteiger partial charge is 0.445 e. The van der Waals surface area contributed by atoms with Crippen LogP contribution >= 0.6 is 0 Å². The van der Waals surface area contributed by atoms with E-state index in [0.717, 1.165) is 18.4 Å². The third-order valence-electron chi connectivity index (χ3n) is 10.6. The number of anilines is 2. The summed E-state index contributed by atoms with van der Waals surface area (Å²) in [6.45, 7) is 6.93. The average Bonchev–Trinajstić information content (AvgIpc) is 3.80. The number of hydrogen-bond donors (Lipinski definition) is 3. The molecule has 0 radical (unpaired) electrons. The molecule has 4 aromatic rings. The summed E-state index contributed by atoms with van der Waals surface area (Å²) in [5.74, 6) is -0.122. The predicted molar refractivity (Wildman–Crippen MR) is 212 cm³/mol. The SMILES string of the molecule is C=CC(=O)N1CCN(c2ccc(CCC(=O)NCCCCCNC(=O)c3cccc(-c4nc(NC(=O)C5(c6ccc7c(c6)OC(F)(F)O7)CC5)ccc4C)c3)o2)C(=O)C1. The minimum atomic E-state index is -3.75. The van der Waals surface area contributed by atoms with Crippen molar-refractivity contribution in [2.45, 2.75) is 63.6 Å². The van der Waals surface area contributed by atoms with Gasteiger partial charge in [0, 0.05) is 56.2 Å². The molecule has 0 atom stereocenters. The van der Waals surface area contributed by atoms with Crippen molar-refractivity contribution in [1.29, 1.82) is 0 Å². The van der Waals surface area contributed by atoms with Crippen molar-refractivity contribution >= 4 is 41.2 Å². The Balaban J connectivity index is 0.819. The summed E-state index contributed by atoms with van der Waals surface area (Å²) < 4.78 is 42.0. The van der Waals surface area contributed by atoms with Gasteiger partial charge in [-0.3, -0.25) is 28.9 Å². The van der Waals surface area contributed by atoms with Gasteiger partial charge in [-0.25, -0.2) is 4.98 Å². The van der Waals surface area contributed by atoms with Gasteiger partial charge >= 0.3 is 6.29 Å². The van der Waals surface area contributed by atoms with Crippen molar-refractivity contribution in [3.63, 3.8) is 0 Å². The minimum Gasteiger partial charge on any atom is -0.445 e. The largest absolute Gasteiger partial charge is 0.586 e. The molecule has 2 aromatic heterocycles. The van der Waals surface area contributed by atoms with Crippen LogP contribution in [0.15, 0.2) is 83.8 Å². The van der Waals surface area contributed by atoms with Crippen LogP contribution in [-0.4, -0.2) is 78.4 Å². The Labute approximate surface area is 338 Å². The maximum atomic E-state index is 13.6. The van der Waals surface area contributed by atoms with Gasteiger partial charge in [-0.1, -0.05) is 30.8 Å². The zero-order valence-corrected chi connectivity index (χ0v) is 32.5. The number of piperazine rings is 1. The van der Waals surface area contributed by atoms with E-state index in [4.69, 9.17) is 9.40 Å². The number of benzene rings is 2. The van der Waals surface area contributed by atoms with Gasteiger partial charge < -0.3 is 34.7 Å². The summed E-state index contributed by atoms with van der Waals surface area (Å²) in [5, 5.41) is 8.74. The quantitative estimate of drug-likeness (QED) is 0.0955. The molecule has 4 heterocycles. The number of carbonyl (C=O) groups excluding carboxylic acids is 5. The Morgan fingerprint density at radius 3 is 2.46 bits per heavy atom. The van der Waals surface area contributed by atoms with Gasteiger partial charge in [0.05, 0.1) is 11.1 Å². The van der Waals surface area contributed by atoms with Crippen molar-refractivity contribution in [1.82, 2.24) is 20.5 Å². The van der Waals surface area contributed by atoms with Crippen LogP contribution in [0.2, 0.25) is 0 Å². The molecule has 5 amide bonds. The third kappa shape index (κ3) is 9.43. The summed E-state index contributed by atoms with van der Waals surface area (Å²) >= 11 is 0. The summed E-state index contributed by atoms with van der Waals surface area (Å²) in [6, 6.07) is 18.4. The van der Waals surface area contributed by atoms with Crippen LogP contribution in [0.1, 0.15) is 65.8 Å². The Hall–Kier alpha value is -6.58. The lowest BCUT2D eigenvalue weighted by molar-refractivity contribution is -0.286. The standard InChI is InChI=1S/C43H44F2N6O8/c1-3-36(53)50-22-23-51(37(54)26-50)38-17-13-31(57-38)12-16-35(52)46-20-5-4-6-21-47-40(55)29-9-7-8-28(24-29)39-27(2)10-15-34(48-39)49-41(56)42(18-19-42)30-11-14-32-33(25-30)59-43(44,45)58-32/h3,7-11,13-15,17,24-25H,1,4-6,12,16,18-23,26H2,2H3,(H,46,52)(H,47,55)(H,48,49,56). The number of carbonyl (C=O) groups is 5. The number of halogens is 2. The number of aromatic nitrogens is 1. The van der Waals surface area contributed by atoms with Gasteiger partial charge in [-0.2, -0.15) is 0 Å². The summed E-state index contributed by atoms with van der Waals surface area (Å²) in [5.41, 5.74) is 2.22. The monoisotopic (exact) mass is 810 g/mol. The number of unbranched alkanes of at least 4 members (excludes halogenated alkanes) is 2. The molecule has 1 aliphatic carbocycles. The van der Waals surface area contributed by atoms with E-state index in [0.29, 0.717) is 91.7 Å². The second-order valence-electron chi connectivity index (χ2n) is 14.7. The number of amides is 5. The Morgan fingerprint density at radius 2 is 1.69 bits per heavy atom. The number of pyridine rings is 1. The van der Waals surface area contributed by atoms with E-state index in [1.165, 1.54) is 28.0 Å². The van der Waals surface area contributed by atoms with E-state index in [2.05, 4.69) is 32.0 Å². The van der Waals surface area contributed by atoms with Crippen molar-refractivity contribution in [3.8, 4) is 22.8 Å². The molecule has 14 nitrogen and oxygen atoms in total. The lowest BCUT2D eigenvalue weighted by Gasteiger charge is -2.32. The summed E-state index contributed by atoms with van der Waals surface area (Å²) in [6.07, 6.45) is 1.34. The van der Waals surface area contributed by atoms with Gasteiger partial charge in [0.25, 0.3) is 5.91 Å². The third-order valence-corrected chi connectivity index (χ3v) is 10.6. The summed E-state index contributed by atoms with van der Waals surface area (Å²) in [4.78, 5) is 70.9. The molecule has 1 saturated heterocycles. The molecular weight excluding hydrogens is 767 g/mol. The number of rotatable bonds is 16. The molecule has 0 bridgehead atoms. The first-order valence-electron chi connectivity index (χ1n) is 19.5. The van der Waals surface area contributed by atoms with Crippen LogP contribution in [0.4, 0.5) is 20.5 Å². The molecule has 2 fully saturated rings. The topological polar surface area (TPSA) is 172 Å². The zero-order valence-electron chi connectivity index (χ0n) is 32.5. The first kappa shape index (κ1) is 40.6. The molecule has 7 rings (SSSR count). The fourth-order valence-corrected chi connectivity index (χ4v) is 7.11. The molecule has 2 aromatic carbocycles. The van der Waals surface area contributed by atoms with E-state index in [-0.39, 0.29) is 54.0 Å². The number of alkyl halides is 2. The van der Waals surface area contributed by atoms with Crippen molar-refractivity contribution in [2.24, 2.45) is 0 Å². The molecule has 308 valence electrons. The van der Waals surface area contributed by atoms with Gasteiger partial charge in [-0.15, -0.1) is 8.78 Å². The van der Waals surface area contributed by atoms with Gasteiger partial charge in [0.1, 0.15) is 18.1 Å². The van der Waals surface area contributed by atoms with Crippen LogP contribution in [-0.2, 0) is 31.0 Å². The van der Waals surface area contributed by atoms with E-state index < -0.39 is 11.7 Å². The first-order chi connectivity index (χ1) is 28.3. The highest BCUT2D eigenvalue weighted by Crippen LogP contribution is 2.52. The second-order valence-corrected chi connectivity index (χ2v) is 14.7. The highest BCUT2D eigenvalue weighted by atomic mass is 19.3. The molecule has 3 aliphatic rings. The highest BCUT2D eigenvalue weighted by Gasteiger charge is 2.53. The first-order valence-corrected chi connectivity index (χ1v) is 19.5.